The van der Waals surface area contributed by atoms with Crippen molar-refractivity contribution in [1.29, 1.82) is 0 Å². The second-order valence-corrected chi connectivity index (χ2v) is 7.40. The zero-order valence-corrected chi connectivity index (χ0v) is 16.0. The van der Waals surface area contributed by atoms with Crippen LogP contribution in [0.3, 0.4) is 0 Å². The molecule has 2 aromatic carbocycles. The van der Waals surface area contributed by atoms with Crippen LogP contribution in [0.15, 0.2) is 54.6 Å². The number of rotatable bonds is 3. The summed E-state index contributed by atoms with van der Waals surface area (Å²) in [6, 6.07) is 15.8. The summed E-state index contributed by atoms with van der Waals surface area (Å²) in [5, 5.41) is 2.73. The number of nitrogens with zero attached hydrogens (tertiary/aromatic N) is 1. The van der Waals surface area contributed by atoms with Crippen LogP contribution in [-0.2, 0) is 26.5 Å². The minimum absolute atomic E-state index is 0.0204. The van der Waals surface area contributed by atoms with Gasteiger partial charge in [0.25, 0.3) is 0 Å². The fourth-order valence-corrected chi connectivity index (χ4v) is 4.04. The van der Waals surface area contributed by atoms with Crippen molar-refractivity contribution in [3.05, 3.63) is 71.3 Å². The Morgan fingerprint density at radius 3 is 2.50 bits per heavy atom. The number of anilines is 1. The average molecular weight is 376 g/mol. The SMILES string of the molecule is CC(=O)Nc1ccc(/C=C/C(=O)N2CCC3(CC2)OCc2ccccc23)cc1. The van der Waals surface area contributed by atoms with E-state index in [2.05, 4.69) is 23.5 Å². The van der Waals surface area contributed by atoms with E-state index in [1.807, 2.05) is 41.3 Å². The molecule has 0 aromatic heterocycles. The molecule has 0 radical (unpaired) electrons. The number of likely N-dealkylation sites (tertiary alicyclic amines) is 1. The summed E-state index contributed by atoms with van der Waals surface area (Å²) in [5.74, 6) is -0.0812. The first kappa shape index (κ1) is 18.4. The summed E-state index contributed by atoms with van der Waals surface area (Å²) in [7, 11) is 0. The largest absolute Gasteiger partial charge is 0.365 e. The zero-order chi connectivity index (χ0) is 19.6. The van der Waals surface area contributed by atoms with Crippen molar-refractivity contribution in [1.82, 2.24) is 4.90 Å². The number of ether oxygens (including phenoxy) is 1. The smallest absolute Gasteiger partial charge is 0.246 e. The maximum Gasteiger partial charge on any atom is 0.246 e. The average Bonchev–Trinajstić information content (AvgIpc) is 3.06. The molecule has 1 spiro atoms. The molecule has 2 aliphatic rings. The van der Waals surface area contributed by atoms with Gasteiger partial charge in [0.2, 0.25) is 11.8 Å². The number of nitrogens with one attached hydrogen (secondary N) is 1. The first-order valence-electron chi connectivity index (χ1n) is 9.63. The highest BCUT2D eigenvalue weighted by Gasteiger charge is 2.42. The van der Waals surface area contributed by atoms with Gasteiger partial charge in [0.15, 0.2) is 0 Å². The summed E-state index contributed by atoms with van der Waals surface area (Å²) in [5.41, 5.74) is 4.00. The van der Waals surface area contributed by atoms with Gasteiger partial charge in [-0.25, -0.2) is 0 Å². The van der Waals surface area contributed by atoms with E-state index in [-0.39, 0.29) is 17.4 Å². The minimum Gasteiger partial charge on any atom is -0.365 e. The van der Waals surface area contributed by atoms with Gasteiger partial charge < -0.3 is 15.0 Å². The summed E-state index contributed by atoms with van der Waals surface area (Å²) < 4.78 is 6.16. The molecular formula is C23H24N2O3. The predicted molar refractivity (Wildman–Crippen MR) is 109 cm³/mol. The summed E-state index contributed by atoms with van der Waals surface area (Å²) in [4.78, 5) is 25.5. The van der Waals surface area contributed by atoms with Crippen molar-refractivity contribution >= 4 is 23.6 Å². The molecule has 0 aliphatic carbocycles. The van der Waals surface area contributed by atoms with Crippen LogP contribution >= 0.6 is 0 Å². The molecule has 2 aromatic rings. The Balaban J connectivity index is 1.36. The van der Waals surface area contributed by atoms with Gasteiger partial charge in [0, 0.05) is 31.8 Å². The van der Waals surface area contributed by atoms with E-state index in [0.717, 1.165) is 24.1 Å². The van der Waals surface area contributed by atoms with Crippen molar-refractivity contribution in [2.45, 2.75) is 32.0 Å². The fourth-order valence-electron chi connectivity index (χ4n) is 4.04. The molecule has 1 saturated heterocycles. The second kappa shape index (κ2) is 7.60. The number of benzene rings is 2. The summed E-state index contributed by atoms with van der Waals surface area (Å²) in [6.07, 6.45) is 5.09. The van der Waals surface area contributed by atoms with E-state index in [1.54, 1.807) is 6.08 Å². The minimum atomic E-state index is -0.226. The number of amides is 2. The van der Waals surface area contributed by atoms with Gasteiger partial charge in [0.05, 0.1) is 12.2 Å². The molecule has 4 rings (SSSR count). The van der Waals surface area contributed by atoms with Crippen LogP contribution in [-0.4, -0.2) is 29.8 Å². The number of carbonyl (C=O) groups is 2. The Kier molecular flexibility index (Phi) is 5.01. The molecule has 1 fully saturated rings. The number of carbonyl (C=O) groups excluding carboxylic acids is 2. The van der Waals surface area contributed by atoms with E-state index in [0.29, 0.717) is 19.7 Å². The second-order valence-electron chi connectivity index (χ2n) is 7.40. The van der Waals surface area contributed by atoms with Crippen LogP contribution in [0.2, 0.25) is 0 Å². The topological polar surface area (TPSA) is 58.6 Å². The van der Waals surface area contributed by atoms with Gasteiger partial charge in [-0.1, -0.05) is 36.4 Å². The molecule has 0 bridgehead atoms. The standard InChI is InChI=1S/C23H24N2O3/c1-17(26)24-20-9-6-18(7-10-20)8-11-22(27)25-14-12-23(13-15-25)21-5-3-2-4-19(21)16-28-23/h2-11H,12-16H2,1H3,(H,24,26)/b11-8+. The maximum absolute atomic E-state index is 12.6. The van der Waals surface area contributed by atoms with Crippen LogP contribution in [0, 0.1) is 0 Å². The van der Waals surface area contributed by atoms with E-state index in [4.69, 9.17) is 4.74 Å². The van der Waals surface area contributed by atoms with Crippen LogP contribution in [0.5, 0.6) is 0 Å². The molecule has 5 heteroatoms. The van der Waals surface area contributed by atoms with Crippen molar-refractivity contribution < 1.29 is 14.3 Å². The zero-order valence-electron chi connectivity index (χ0n) is 16.0. The quantitative estimate of drug-likeness (QED) is 0.831. The van der Waals surface area contributed by atoms with Gasteiger partial charge in [-0.3, -0.25) is 9.59 Å². The fraction of sp³-hybridized carbons (Fsp3) is 0.304. The molecule has 28 heavy (non-hydrogen) atoms. The first-order chi connectivity index (χ1) is 13.6. The Bertz CT molecular complexity index is 910. The van der Waals surface area contributed by atoms with E-state index in [9.17, 15) is 9.59 Å². The van der Waals surface area contributed by atoms with Crippen molar-refractivity contribution in [3.63, 3.8) is 0 Å². The number of hydrogen-bond donors (Lipinski definition) is 1. The van der Waals surface area contributed by atoms with Gasteiger partial charge in [0.1, 0.15) is 0 Å². The lowest BCUT2D eigenvalue weighted by atomic mass is 9.84. The highest BCUT2D eigenvalue weighted by Crippen LogP contribution is 2.43. The highest BCUT2D eigenvalue weighted by atomic mass is 16.5. The molecule has 2 aliphatic heterocycles. The summed E-state index contributed by atoms with van der Waals surface area (Å²) >= 11 is 0. The lowest BCUT2D eigenvalue weighted by Crippen LogP contribution is -2.44. The molecule has 5 nitrogen and oxygen atoms in total. The van der Waals surface area contributed by atoms with Crippen LogP contribution < -0.4 is 5.32 Å². The van der Waals surface area contributed by atoms with E-state index >= 15 is 0 Å². The number of fused-ring (bicyclic) bond motifs is 2. The van der Waals surface area contributed by atoms with Crippen molar-refractivity contribution in [2.24, 2.45) is 0 Å². The van der Waals surface area contributed by atoms with Crippen LogP contribution in [0.1, 0.15) is 36.5 Å². The van der Waals surface area contributed by atoms with Gasteiger partial charge in [-0.15, -0.1) is 0 Å². The van der Waals surface area contributed by atoms with Crippen molar-refractivity contribution in [3.8, 4) is 0 Å². The molecule has 2 heterocycles. The van der Waals surface area contributed by atoms with Crippen LogP contribution in [0.25, 0.3) is 6.08 Å². The molecule has 144 valence electrons. The first-order valence-corrected chi connectivity index (χ1v) is 9.63. The molecule has 1 N–H and O–H groups in total. The molecule has 0 saturated carbocycles. The van der Waals surface area contributed by atoms with Crippen LogP contribution in [0.4, 0.5) is 5.69 Å². The Morgan fingerprint density at radius 2 is 1.79 bits per heavy atom. The molecule has 2 amide bonds. The monoisotopic (exact) mass is 376 g/mol. The lowest BCUT2D eigenvalue weighted by molar-refractivity contribution is -0.133. The van der Waals surface area contributed by atoms with Gasteiger partial charge in [-0.2, -0.15) is 0 Å². The van der Waals surface area contributed by atoms with Gasteiger partial charge in [-0.05, 0) is 47.7 Å². The Morgan fingerprint density at radius 1 is 1.07 bits per heavy atom. The van der Waals surface area contributed by atoms with Gasteiger partial charge >= 0.3 is 0 Å². The number of hydrogen-bond acceptors (Lipinski definition) is 3. The van der Waals surface area contributed by atoms with E-state index < -0.39 is 0 Å². The molecular weight excluding hydrogens is 352 g/mol. The molecule has 0 unspecified atom stereocenters. The third-order valence-corrected chi connectivity index (χ3v) is 5.54. The predicted octanol–water partition coefficient (Wildman–Crippen LogP) is 3.71. The Hall–Kier alpha value is -2.92. The Labute approximate surface area is 165 Å². The summed E-state index contributed by atoms with van der Waals surface area (Å²) in [6.45, 7) is 3.53. The highest BCUT2D eigenvalue weighted by molar-refractivity contribution is 5.92. The molecule has 0 atom stereocenters. The maximum atomic E-state index is 12.6. The van der Waals surface area contributed by atoms with E-state index in [1.165, 1.54) is 18.1 Å². The third-order valence-electron chi connectivity index (χ3n) is 5.54. The normalized spacial score (nSPS) is 17.7. The lowest BCUT2D eigenvalue weighted by Gasteiger charge is -2.39. The third kappa shape index (κ3) is 3.71. The number of piperidine rings is 1. The van der Waals surface area contributed by atoms with Crippen molar-refractivity contribution in [2.75, 3.05) is 18.4 Å².